The number of carbonyl (C=O) groups excluding carboxylic acids is 3. The molecule has 3 N–H and O–H groups in total. The predicted octanol–water partition coefficient (Wildman–Crippen LogP) is 5.05. The van der Waals surface area contributed by atoms with Crippen molar-refractivity contribution in [3.8, 4) is 11.1 Å². The van der Waals surface area contributed by atoms with Crippen molar-refractivity contribution in [1.29, 1.82) is 0 Å². The molecule has 3 amide bonds. The molecule has 0 saturated heterocycles. The number of fused-ring (bicyclic) bond motifs is 1. The quantitative estimate of drug-likeness (QED) is 0.282. The van der Waals surface area contributed by atoms with Crippen LogP contribution in [0.5, 0.6) is 0 Å². The highest BCUT2D eigenvalue weighted by Gasteiger charge is 2.33. The van der Waals surface area contributed by atoms with Crippen LogP contribution in [0, 0.1) is 17.5 Å². The van der Waals surface area contributed by atoms with Gasteiger partial charge in [-0.1, -0.05) is 24.3 Å². The fraction of sp³-hybridized carbons (Fsp3) is 0.161. The summed E-state index contributed by atoms with van der Waals surface area (Å²) in [4.78, 5) is 42.7. The largest absolute Gasteiger partial charge is 0.355 e. The molecule has 0 radical (unpaired) electrons. The van der Waals surface area contributed by atoms with Crippen molar-refractivity contribution in [3.05, 3.63) is 119 Å². The van der Waals surface area contributed by atoms with Crippen molar-refractivity contribution in [1.82, 2.24) is 15.6 Å². The van der Waals surface area contributed by atoms with Crippen LogP contribution in [0.2, 0.25) is 0 Å². The van der Waals surface area contributed by atoms with Gasteiger partial charge in [0.25, 0.3) is 5.91 Å². The summed E-state index contributed by atoms with van der Waals surface area (Å²) in [5.41, 5.74) is 2.63. The molecule has 1 aliphatic heterocycles. The second kappa shape index (κ2) is 11.6. The SMILES string of the molecule is CNC(=O)c1cc(-c2cccnc2[C@H](Cc2cccc(F)c2)NC(=O)CC2C(=O)Nc3ccc(F)cc32)ccc1F. The third-order valence-electron chi connectivity index (χ3n) is 6.93. The van der Waals surface area contributed by atoms with Crippen molar-refractivity contribution < 1.29 is 27.6 Å². The van der Waals surface area contributed by atoms with Gasteiger partial charge in [0.1, 0.15) is 17.5 Å². The first-order valence-electron chi connectivity index (χ1n) is 12.8. The number of aromatic nitrogens is 1. The highest BCUT2D eigenvalue weighted by Crippen LogP contribution is 2.36. The lowest BCUT2D eigenvalue weighted by atomic mass is 9.93. The Hall–Kier alpha value is -4.99. The number of hydrogen-bond acceptors (Lipinski definition) is 4. The fourth-order valence-electron chi connectivity index (χ4n) is 4.99. The minimum atomic E-state index is -0.897. The van der Waals surface area contributed by atoms with Crippen LogP contribution in [0.25, 0.3) is 11.1 Å². The van der Waals surface area contributed by atoms with Crippen LogP contribution in [-0.4, -0.2) is 29.8 Å². The van der Waals surface area contributed by atoms with E-state index in [9.17, 15) is 27.6 Å². The van der Waals surface area contributed by atoms with Gasteiger partial charge in [-0.2, -0.15) is 0 Å². The first kappa shape index (κ1) is 27.6. The third-order valence-corrected chi connectivity index (χ3v) is 6.93. The van der Waals surface area contributed by atoms with Crippen LogP contribution in [0.4, 0.5) is 18.9 Å². The van der Waals surface area contributed by atoms with Crippen LogP contribution >= 0.6 is 0 Å². The van der Waals surface area contributed by atoms with Gasteiger partial charge in [0.15, 0.2) is 0 Å². The van der Waals surface area contributed by atoms with Crippen LogP contribution < -0.4 is 16.0 Å². The van der Waals surface area contributed by atoms with E-state index in [1.54, 1.807) is 24.3 Å². The van der Waals surface area contributed by atoms with E-state index >= 15 is 0 Å². The van der Waals surface area contributed by atoms with Crippen molar-refractivity contribution in [2.24, 2.45) is 0 Å². The van der Waals surface area contributed by atoms with Gasteiger partial charge in [0.2, 0.25) is 11.8 Å². The monoisotopic (exact) mass is 558 g/mol. The molecule has 3 aromatic carbocycles. The Labute approximate surface area is 233 Å². The van der Waals surface area contributed by atoms with Gasteiger partial charge in [-0.3, -0.25) is 19.4 Å². The van der Waals surface area contributed by atoms with E-state index < -0.39 is 47.1 Å². The van der Waals surface area contributed by atoms with E-state index in [1.807, 2.05) is 0 Å². The number of hydrogen-bond donors (Lipinski definition) is 3. The van der Waals surface area contributed by atoms with E-state index in [0.717, 1.165) is 0 Å². The highest BCUT2D eigenvalue weighted by atomic mass is 19.1. The summed E-state index contributed by atoms with van der Waals surface area (Å²) in [6, 6.07) is 16.4. The summed E-state index contributed by atoms with van der Waals surface area (Å²) in [5.74, 6) is -4.11. The predicted molar refractivity (Wildman–Crippen MR) is 146 cm³/mol. The zero-order valence-electron chi connectivity index (χ0n) is 21.9. The zero-order chi connectivity index (χ0) is 29.1. The molecule has 7 nitrogen and oxygen atoms in total. The molecular weight excluding hydrogens is 533 g/mol. The Kier molecular flexibility index (Phi) is 7.82. The molecule has 0 bridgehead atoms. The van der Waals surface area contributed by atoms with Gasteiger partial charge in [-0.15, -0.1) is 0 Å². The Morgan fingerprint density at radius 2 is 1.78 bits per heavy atom. The Morgan fingerprint density at radius 3 is 2.56 bits per heavy atom. The van der Waals surface area contributed by atoms with Gasteiger partial charge in [0, 0.05) is 30.9 Å². The molecule has 1 aromatic heterocycles. The van der Waals surface area contributed by atoms with Crippen molar-refractivity contribution in [3.63, 3.8) is 0 Å². The number of anilines is 1. The third kappa shape index (κ3) is 5.96. The maximum absolute atomic E-state index is 14.4. The highest BCUT2D eigenvalue weighted by molar-refractivity contribution is 6.05. The molecule has 0 saturated carbocycles. The lowest BCUT2D eigenvalue weighted by molar-refractivity contribution is -0.125. The average Bonchev–Trinajstić information content (AvgIpc) is 3.26. The molecule has 4 aromatic rings. The molecule has 10 heteroatoms. The summed E-state index contributed by atoms with van der Waals surface area (Å²) < 4.78 is 42.4. The molecule has 0 fully saturated rings. The topological polar surface area (TPSA) is 100 Å². The number of nitrogens with one attached hydrogen (secondary N) is 3. The number of nitrogens with zero attached hydrogens (tertiary/aromatic N) is 1. The molecule has 5 rings (SSSR count). The van der Waals surface area contributed by atoms with Gasteiger partial charge in [-0.05, 0) is 71.6 Å². The lowest BCUT2D eigenvalue weighted by Crippen LogP contribution is -2.33. The van der Waals surface area contributed by atoms with Crippen molar-refractivity contribution in [2.45, 2.75) is 24.8 Å². The number of halogens is 3. The van der Waals surface area contributed by atoms with Gasteiger partial charge < -0.3 is 16.0 Å². The van der Waals surface area contributed by atoms with Crippen LogP contribution in [0.1, 0.15) is 45.6 Å². The first-order chi connectivity index (χ1) is 19.7. The minimum Gasteiger partial charge on any atom is -0.355 e. The maximum Gasteiger partial charge on any atom is 0.254 e. The van der Waals surface area contributed by atoms with E-state index in [2.05, 4.69) is 20.9 Å². The van der Waals surface area contributed by atoms with Gasteiger partial charge >= 0.3 is 0 Å². The van der Waals surface area contributed by atoms with E-state index in [-0.39, 0.29) is 18.4 Å². The zero-order valence-corrected chi connectivity index (χ0v) is 21.9. The summed E-state index contributed by atoms with van der Waals surface area (Å²) in [6.07, 6.45) is 1.40. The average molecular weight is 559 g/mol. The lowest BCUT2D eigenvalue weighted by Gasteiger charge is -2.22. The second-order valence-corrected chi connectivity index (χ2v) is 9.64. The van der Waals surface area contributed by atoms with Crippen LogP contribution in [-0.2, 0) is 16.0 Å². The standard InChI is InChI=1S/C31H25F3N4O3/c1-35-30(40)24-14-18(7-9-25(24)34)21-6-3-11-36-29(21)27(13-17-4-2-5-19(32)12-17)37-28(39)16-23-22-15-20(33)8-10-26(22)38-31(23)41/h2-12,14-15,23,27H,13,16H2,1H3,(H,35,40)(H,37,39)(H,38,41)/t23?,27-/m0/s1. The van der Waals surface area contributed by atoms with Crippen LogP contribution in [0.3, 0.4) is 0 Å². The summed E-state index contributed by atoms with van der Waals surface area (Å²) in [5, 5.41) is 7.98. The number of amides is 3. The molecule has 1 aliphatic rings. The maximum atomic E-state index is 14.4. The summed E-state index contributed by atoms with van der Waals surface area (Å²) >= 11 is 0. The molecule has 41 heavy (non-hydrogen) atoms. The summed E-state index contributed by atoms with van der Waals surface area (Å²) in [6.45, 7) is 0. The van der Waals surface area contributed by atoms with E-state index in [1.165, 1.54) is 61.8 Å². The number of benzene rings is 3. The number of rotatable bonds is 8. The van der Waals surface area contributed by atoms with Crippen molar-refractivity contribution in [2.75, 3.05) is 12.4 Å². The molecular formula is C31H25F3N4O3. The molecule has 1 unspecified atom stereocenters. The van der Waals surface area contributed by atoms with Crippen molar-refractivity contribution >= 4 is 23.4 Å². The molecule has 2 heterocycles. The van der Waals surface area contributed by atoms with Gasteiger partial charge in [-0.25, -0.2) is 13.2 Å². The molecule has 208 valence electrons. The van der Waals surface area contributed by atoms with E-state index in [4.69, 9.17) is 0 Å². The smallest absolute Gasteiger partial charge is 0.254 e. The first-order valence-corrected chi connectivity index (χ1v) is 12.8. The minimum absolute atomic E-state index is 0.138. The molecule has 2 atom stereocenters. The Bertz CT molecular complexity index is 1660. The molecule has 0 aliphatic carbocycles. The number of carbonyl (C=O) groups is 3. The summed E-state index contributed by atoms with van der Waals surface area (Å²) in [7, 11) is 1.39. The molecule has 0 spiro atoms. The van der Waals surface area contributed by atoms with Crippen LogP contribution in [0.15, 0.2) is 79.0 Å². The second-order valence-electron chi connectivity index (χ2n) is 9.64. The normalized spacial score (nSPS) is 14.6. The Balaban J connectivity index is 1.50. The van der Waals surface area contributed by atoms with E-state index in [0.29, 0.717) is 33.6 Å². The van der Waals surface area contributed by atoms with Gasteiger partial charge in [0.05, 0.1) is 23.2 Å². The number of pyridine rings is 1. The fourth-order valence-corrected chi connectivity index (χ4v) is 4.99. The Morgan fingerprint density at radius 1 is 0.976 bits per heavy atom.